The predicted octanol–water partition coefficient (Wildman–Crippen LogP) is 4.43. The second-order valence-electron chi connectivity index (χ2n) is 3.76. The lowest BCUT2D eigenvalue weighted by Gasteiger charge is -2.03. The molecule has 1 amide bonds. The Labute approximate surface area is 129 Å². The molecule has 1 aromatic heterocycles. The van der Waals surface area contributed by atoms with E-state index >= 15 is 0 Å². The third-order valence-electron chi connectivity index (χ3n) is 2.41. The number of rotatable bonds is 3. The maximum atomic E-state index is 10.9. The molecule has 0 fully saturated rings. The average molecular weight is 333 g/mol. The molecule has 0 aliphatic heterocycles. The number of hydrogen-bond acceptors (Lipinski definition) is 3. The first-order chi connectivity index (χ1) is 9.51. The number of carbonyl (C=O) groups excluding carboxylic acids is 1. The van der Waals surface area contributed by atoms with Gasteiger partial charge in [-0.05, 0) is 30.3 Å². The highest BCUT2D eigenvalue weighted by Crippen LogP contribution is 2.36. The summed E-state index contributed by atoms with van der Waals surface area (Å²) in [7, 11) is 0. The van der Waals surface area contributed by atoms with Crippen molar-refractivity contribution in [3.05, 3.63) is 51.2 Å². The number of hydroxylamine groups is 1. The number of hydrogen-bond donors (Lipinski definition) is 2. The van der Waals surface area contributed by atoms with Crippen molar-refractivity contribution in [1.82, 2.24) is 5.48 Å². The van der Waals surface area contributed by atoms with E-state index in [1.54, 1.807) is 18.2 Å². The predicted molar refractivity (Wildman–Crippen MR) is 78.1 cm³/mol. The summed E-state index contributed by atoms with van der Waals surface area (Å²) in [4.78, 5) is 10.9. The van der Waals surface area contributed by atoms with Gasteiger partial charge in [-0.15, -0.1) is 0 Å². The normalized spacial score (nSPS) is 11.0. The average Bonchev–Trinajstić information content (AvgIpc) is 2.88. The van der Waals surface area contributed by atoms with Crippen LogP contribution in [0.1, 0.15) is 5.76 Å². The van der Waals surface area contributed by atoms with Gasteiger partial charge in [-0.25, -0.2) is 5.48 Å². The van der Waals surface area contributed by atoms with Gasteiger partial charge in [-0.3, -0.25) is 10.0 Å². The van der Waals surface area contributed by atoms with Crippen LogP contribution in [0.3, 0.4) is 0 Å². The van der Waals surface area contributed by atoms with Crippen molar-refractivity contribution in [1.29, 1.82) is 0 Å². The molecule has 0 aliphatic carbocycles. The highest BCUT2D eigenvalue weighted by atomic mass is 35.5. The Morgan fingerprint density at radius 1 is 1.15 bits per heavy atom. The molecule has 20 heavy (non-hydrogen) atoms. The van der Waals surface area contributed by atoms with Crippen LogP contribution >= 0.6 is 34.8 Å². The first kappa shape index (κ1) is 14.9. The highest BCUT2D eigenvalue weighted by Gasteiger charge is 2.11. The quantitative estimate of drug-likeness (QED) is 0.378. The Hall–Kier alpha value is -1.46. The van der Waals surface area contributed by atoms with E-state index in [0.29, 0.717) is 32.2 Å². The smallest absolute Gasteiger partial charge is 0.267 e. The molecule has 4 nitrogen and oxygen atoms in total. The van der Waals surface area contributed by atoms with E-state index in [1.807, 2.05) is 0 Å². The first-order valence-electron chi connectivity index (χ1n) is 5.38. The molecule has 0 bridgehead atoms. The minimum atomic E-state index is -0.657. The molecule has 1 heterocycles. The Balaban J connectivity index is 2.31. The molecule has 7 heteroatoms. The molecule has 0 atom stereocenters. The lowest BCUT2D eigenvalue weighted by atomic mass is 10.2. The summed E-state index contributed by atoms with van der Waals surface area (Å²) in [6.45, 7) is 0. The van der Waals surface area contributed by atoms with E-state index in [0.717, 1.165) is 6.08 Å². The largest absolute Gasteiger partial charge is 0.457 e. The highest BCUT2D eigenvalue weighted by molar-refractivity contribution is 6.44. The molecule has 2 rings (SSSR count). The van der Waals surface area contributed by atoms with Crippen LogP contribution in [-0.4, -0.2) is 11.1 Å². The Kier molecular flexibility index (Phi) is 4.73. The summed E-state index contributed by atoms with van der Waals surface area (Å²) in [6, 6.07) is 6.45. The minimum Gasteiger partial charge on any atom is -0.457 e. The standard InChI is InChI=1S/C13H8Cl3NO3/c14-9-6-11(16)10(15)5-8(9)12-3-1-7(20-12)2-4-13(18)17-19/h1-6,19H,(H,17,18)/b4-2+. The number of amides is 1. The topological polar surface area (TPSA) is 62.5 Å². The summed E-state index contributed by atoms with van der Waals surface area (Å²) in [5, 5.41) is 9.48. The van der Waals surface area contributed by atoms with Crippen molar-refractivity contribution < 1.29 is 14.4 Å². The van der Waals surface area contributed by atoms with E-state index < -0.39 is 5.91 Å². The molecule has 104 valence electrons. The van der Waals surface area contributed by atoms with Crippen molar-refractivity contribution >= 4 is 46.8 Å². The van der Waals surface area contributed by atoms with Gasteiger partial charge < -0.3 is 4.42 Å². The van der Waals surface area contributed by atoms with E-state index in [9.17, 15) is 4.79 Å². The zero-order valence-electron chi connectivity index (χ0n) is 9.86. The molecule has 0 saturated heterocycles. The monoisotopic (exact) mass is 331 g/mol. The maximum Gasteiger partial charge on any atom is 0.267 e. The number of furan rings is 1. The fourth-order valence-corrected chi connectivity index (χ4v) is 2.13. The lowest BCUT2D eigenvalue weighted by Crippen LogP contribution is -2.14. The van der Waals surface area contributed by atoms with E-state index in [-0.39, 0.29) is 0 Å². The lowest BCUT2D eigenvalue weighted by molar-refractivity contribution is -0.124. The van der Waals surface area contributed by atoms with Crippen molar-refractivity contribution in [2.45, 2.75) is 0 Å². The first-order valence-corrected chi connectivity index (χ1v) is 6.51. The van der Waals surface area contributed by atoms with Crippen molar-refractivity contribution in [2.24, 2.45) is 0 Å². The van der Waals surface area contributed by atoms with Crippen LogP contribution < -0.4 is 5.48 Å². The van der Waals surface area contributed by atoms with E-state index in [1.165, 1.54) is 17.6 Å². The van der Waals surface area contributed by atoms with Crippen LogP contribution in [0, 0.1) is 0 Å². The van der Waals surface area contributed by atoms with Gasteiger partial charge in [0.1, 0.15) is 11.5 Å². The van der Waals surface area contributed by atoms with Crippen LogP contribution in [-0.2, 0) is 4.79 Å². The van der Waals surface area contributed by atoms with Gasteiger partial charge in [0.2, 0.25) is 0 Å². The third kappa shape index (κ3) is 3.35. The number of benzene rings is 1. The zero-order chi connectivity index (χ0) is 14.7. The maximum absolute atomic E-state index is 10.9. The molecular weight excluding hydrogens is 325 g/mol. The molecule has 1 aromatic carbocycles. The molecule has 0 radical (unpaired) electrons. The van der Waals surface area contributed by atoms with Gasteiger partial charge in [0.05, 0.1) is 15.1 Å². The summed E-state index contributed by atoms with van der Waals surface area (Å²) < 4.78 is 5.51. The molecular formula is C13H8Cl3NO3. The fourth-order valence-electron chi connectivity index (χ4n) is 1.49. The van der Waals surface area contributed by atoms with E-state index in [2.05, 4.69) is 0 Å². The molecule has 2 N–H and O–H groups in total. The number of halogens is 3. The molecule has 0 spiro atoms. The van der Waals surface area contributed by atoms with Gasteiger partial charge >= 0.3 is 0 Å². The third-order valence-corrected chi connectivity index (χ3v) is 3.45. The van der Waals surface area contributed by atoms with Crippen LogP contribution in [0.15, 0.2) is 34.8 Å². The summed E-state index contributed by atoms with van der Waals surface area (Å²) in [5.74, 6) is 0.249. The Bertz CT molecular complexity index is 679. The van der Waals surface area contributed by atoms with E-state index in [4.69, 9.17) is 44.4 Å². The molecule has 0 aliphatic rings. The second-order valence-corrected chi connectivity index (χ2v) is 4.98. The molecule has 2 aromatic rings. The summed E-state index contributed by atoms with van der Waals surface area (Å²) >= 11 is 17.9. The summed E-state index contributed by atoms with van der Waals surface area (Å²) in [6.07, 6.45) is 2.53. The van der Waals surface area contributed by atoms with Gasteiger partial charge in [0, 0.05) is 11.6 Å². The van der Waals surface area contributed by atoms with Crippen LogP contribution in [0.25, 0.3) is 17.4 Å². The second kappa shape index (κ2) is 6.33. The van der Waals surface area contributed by atoms with Crippen molar-refractivity contribution in [2.75, 3.05) is 0 Å². The summed E-state index contributed by atoms with van der Waals surface area (Å²) in [5.41, 5.74) is 2.07. The van der Waals surface area contributed by atoms with Crippen LogP contribution in [0.2, 0.25) is 15.1 Å². The van der Waals surface area contributed by atoms with Gasteiger partial charge in [-0.2, -0.15) is 0 Å². The fraction of sp³-hybridized carbons (Fsp3) is 0. The van der Waals surface area contributed by atoms with Gasteiger partial charge in [-0.1, -0.05) is 34.8 Å². The van der Waals surface area contributed by atoms with Gasteiger partial charge in [0.25, 0.3) is 5.91 Å². The van der Waals surface area contributed by atoms with Crippen LogP contribution in [0.4, 0.5) is 0 Å². The minimum absolute atomic E-state index is 0.353. The van der Waals surface area contributed by atoms with Crippen molar-refractivity contribution in [3.8, 4) is 11.3 Å². The van der Waals surface area contributed by atoms with Gasteiger partial charge in [0.15, 0.2) is 0 Å². The van der Waals surface area contributed by atoms with Crippen LogP contribution in [0.5, 0.6) is 0 Å². The molecule has 0 saturated carbocycles. The number of nitrogens with one attached hydrogen (secondary N) is 1. The molecule has 0 unspecified atom stereocenters. The number of carbonyl (C=O) groups is 1. The Morgan fingerprint density at radius 2 is 1.85 bits per heavy atom. The zero-order valence-corrected chi connectivity index (χ0v) is 12.1. The SMILES string of the molecule is O=C(/C=C/c1ccc(-c2cc(Cl)c(Cl)cc2Cl)o1)NO. The van der Waals surface area contributed by atoms with Crippen molar-refractivity contribution in [3.63, 3.8) is 0 Å². The Morgan fingerprint density at radius 3 is 2.55 bits per heavy atom.